The third-order valence-corrected chi connectivity index (χ3v) is 3.89. The van der Waals surface area contributed by atoms with Crippen LogP contribution in [-0.2, 0) is 11.3 Å². The van der Waals surface area contributed by atoms with Crippen LogP contribution in [0.2, 0.25) is 0 Å². The number of anilines is 1. The molecule has 6 nitrogen and oxygen atoms in total. The van der Waals surface area contributed by atoms with Gasteiger partial charge in [0.15, 0.2) is 5.82 Å². The van der Waals surface area contributed by atoms with Crippen LogP contribution in [0, 0.1) is 5.92 Å². The van der Waals surface area contributed by atoms with E-state index in [1.165, 1.54) is 0 Å². The summed E-state index contributed by atoms with van der Waals surface area (Å²) in [6, 6.07) is 7.66. The summed E-state index contributed by atoms with van der Waals surface area (Å²) in [5.41, 5.74) is 7.58. The minimum atomic E-state index is 0.306. The van der Waals surface area contributed by atoms with Gasteiger partial charge in [0.25, 0.3) is 0 Å². The van der Waals surface area contributed by atoms with Crippen LogP contribution >= 0.6 is 0 Å². The van der Waals surface area contributed by atoms with Gasteiger partial charge >= 0.3 is 0 Å². The van der Waals surface area contributed by atoms with Gasteiger partial charge in [0.1, 0.15) is 0 Å². The molecule has 0 radical (unpaired) electrons. The molecule has 2 heterocycles. The summed E-state index contributed by atoms with van der Waals surface area (Å²) in [6.07, 6.45) is 2.39. The molecule has 1 saturated heterocycles. The van der Waals surface area contributed by atoms with Crippen molar-refractivity contribution < 1.29 is 4.74 Å². The fourth-order valence-electron chi connectivity index (χ4n) is 2.80. The predicted octanol–water partition coefficient (Wildman–Crippen LogP) is 1.74. The number of ether oxygens (including phenoxy) is 1. The van der Waals surface area contributed by atoms with Crippen molar-refractivity contribution in [3.05, 3.63) is 24.3 Å². The number of hydrogen-bond donors (Lipinski definition) is 1. The van der Waals surface area contributed by atoms with Crippen molar-refractivity contribution in [2.45, 2.75) is 32.4 Å². The van der Waals surface area contributed by atoms with Crippen molar-refractivity contribution >= 4 is 5.69 Å². The van der Waals surface area contributed by atoms with Gasteiger partial charge in [-0.2, -0.15) is 0 Å². The Morgan fingerprint density at radius 1 is 1.40 bits per heavy atom. The SMILES string of the molecule is CCC1OCCC1Cn1nnnc1-c1ccccc1N. The average molecular weight is 273 g/mol. The molecule has 0 aliphatic carbocycles. The number of benzene rings is 1. The van der Waals surface area contributed by atoms with E-state index in [9.17, 15) is 0 Å². The largest absolute Gasteiger partial charge is 0.398 e. The Morgan fingerprint density at radius 2 is 2.25 bits per heavy atom. The van der Waals surface area contributed by atoms with Gasteiger partial charge in [-0.15, -0.1) is 5.10 Å². The van der Waals surface area contributed by atoms with E-state index in [0.29, 0.717) is 17.7 Å². The number of nitrogen functional groups attached to an aromatic ring is 1. The number of tetrazole rings is 1. The van der Waals surface area contributed by atoms with Crippen LogP contribution in [0.5, 0.6) is 0 Å². The van der Waals surface area contributed by atoms with Gasteiger partial charge in [-0.3, -0.25) is 0 Å². The highest BCUT2D eigenvalue weighted by Gasteiger charge is 2.28. The third kappa shape index (κ3) is 2.38. The zero-order chi connectivity index (χ0) is 13.9. The summed E-state index contributed by atoms with van der Waals surface area (Å²) in [5.74, 6) is 1.19. The van der Waals surface area contributed by atoms with Gasteiger partial charge in [-0.1, -0.05) is 19.1 Å². The molecule has 1 aliphatic heterocycles. The lowest BCUT2D eigenvalue weighted by Crippen LogP contribution is -2.21. The molecule has 2 unspecified atom stereocenters. The van der Waals surface area contributed by atoms with Crippen LogP contribution in [-0.4, -0.2) is 32.9 Å². The minimum absolute atomic E-state index is 0.306. The molecule has 0 bridgehead atoms. The molecule has 1 aromatic carbocycles. The number of nitrogens with two attached hydrogens (primary N) is 1. The molecule has 6 heteroatoms. The van der Waals surface area contributed by atoms with Crippen molar-refractivity contribution in [3.63, 3.8) is 0 Å². The van der Waals surface area contributed by atoms with Crippen LogP contribution in [0.4, 0.5) is 5.69 Å². The Kier molecular flexibility index (Phi) is 3.64. The monoisotopic (exact) mass is 273 g/mol. The molecule has 0 saturated carbocycles. The maximum absolute atomic E-state index is 6.01. The van der Waals surface area contributed by atoms with E-state index in [-0.39, 0.29) is 0 Å². The summed E-state index contributed by atoms with van der Waals surface area (Å²) >= 11 is 0. The first-order valence-corrected chi connectivity index (χ1v) is 7.02. The first-order chi connectivity index (χ1) is 9.79. The molecule has 1 aromatic heterocycles. The Bertz CT molecular complexity index is 582. The lowest BCUT2D eigenvalue weighted by Gasteiger charge is -2.17. The van der Waals surface area contributed by atoms with Crippen LogP contribution in [0.15, 0.2) is 24.3 Å². The number of aromatic nitrogens is 4. The minimum Gasteiger partial charge on any atom is -0.398 e. The molecule has 20 heavy (non-hydrogen) atoms. The number of nitrogens with zero attached hydrogens (tertiary/aromatic N) is 4. The predicted molar refractivity (Wildman–Crippen MR) is 75.8 cm³/mol. The molecule has 0 spiro atoms. The van der Waals surface area contributed by atoms with E-state index in [1.54, 1.807) is 0 Å². The first-order valence-electron chi connectivity index (χ1n) is 7.02. The second-order valence-corrected chi connectivity index (χ2v) is 5.14. The zero-order valence-electron chi connectivity index (χ0n) is 11.6. The van der Waals surface area contributed by atoms with Gasteiger partial charge in [0.05, 0.1) is 12.6 Å². The standard InChI is InChI=1S/C14H19N5O/c1-2-13-10(7-8-20-13)9-19-14(16-17-18-19)11-5-3-4-6-12(11)15/h3-6,10,13H,2,7-9,15H2,1H3. The molecule has 2 N–H and O–H groups in total. The summed E-state index contributed by atoms with van der Waals surface area (Å²) in [5, 5.41) is 12.0. The fraction of sp³-hybridized carbons (Fsp3) is 0.500. The molecule has 2 atom stereocenters. The maximum atomic E-state index is 6.01. The Morgan fingerprint density at radius 3 is 3.05 bits per heavy atom. The first kappa shape index (κ1) is 13.1. The molecular formula is C14H19N5O. The Hall–Kier alpha value is -1.95. The van der Waals surface area contributed by atoms with Crippen molar-refractivity contribution in [1.29, 1.82) is 0 Å². The summed E-state index contributed by atoms with van der Waals surface area (Å²) < 4.78 is 7.57. The summed E-state index contributed by atoms with van der Waals surface area (Å²) in [7, 11) is 0. The van der Waals surface area contributed by atoms with E-state index in [2.05, 4.69) is 22.4 Å². The van der Waals surface area contributed by atoms with Crippen molar-refractivity contribution in [3.8, 4) is 11.4 Å². The van der Waals surface area contributed by atoms with E-state index in [1.807, 2.05) is 28.9 Å². The fourth-order valence-corrected chi connectivity index (χ4v) is 2.80. The lowest BCUT2D eigenvalue weighted by atomic mass is 9.99. The average Bonchev–Trinajstić information content (AvgIpc) is 3.09. The van der Waals surface area contributed by atoms with E-state index in [4.69, 9.17) is 10.5 Å². The second kappa shape index (κ2) is 5.58. The molecule has 2 aromatic rings. The summed E-state index contributed by atoms with van der Waals surface area (Å²) in [6.45, 7) is 3.75. The molecule has 106 valence electrons. The van der Waals surface area contributed by atoms with Crippen LogP contribution in [0.3, 0.4) is 0 Å². The van der Waals surface area contributed by atoms with Gasteiger partial charge in [-0.05, 0) is 35.4 Å². The lowest BCUT2D eigenvalue weighted by molar-refractivity contribution is 0.0825. The number of para-hydroxylation sites is 1. The Labute approximate surface area is 117 Å². The highest BCUT2D eigenvalue weighted by molar-refractivity contribution is 5.70. The molecule has 0 amide bonds. The van der Waals surface area contributed by atoms with Gasteiger partial charge in [-0.25, -0.2) is 4.68 Å². The normalized spacial score (nSPS) is 22.2. The van der Waals surface area contributed by atoms with Crippen molar-refractivity contribution in [1.82, 2.24) is 20.2 Å². The summed E-state index contributed by atoms with van der Waals surface area (Å²) in [4.78, 5) is 0. The smallest absolute Gasteiger partial charge is 0.184 e. The van der Waals surface area contributed by atoms with Gasteiger partial charge in [0.2, 0.25) is 0 Å². The molecule has 1 aliphatic rings. The highest BCUT2D eigenvalue weighted by Crippen LogP contribution is 2.28. The van der Waals surface area contributed by atoms with Crippen LogP contribution in [0.1, 0.15) is 19.8 Å². The second-order valence-electron chi connectivity index (χ2n) is 5.14. The highest BCUT2D eigenvalue weighted by atomic mass is 16.5. The molecule has 1 fully saturated rings. The van der Waals surface area contributed by atoms with Crippen molar-refractivity contribution in [2.24, 2.45) is 5.92 Å². The van der Waals surface area contributed by atoms with Gasteiger partial charge < -0.3 is 10.5 Å². The van der Waals surface area contributed by atoms with E-state index in [0.717, 1.165) is 37.4 Å². The number of hydrogen-bond acceptors (Lipinski definition) is 5. The maximum Gasteiger partial charge on any atom is 0.184 e. The van der Waals surface area contributed by atoms with Gasteiger partial charge in [0, 0.05) is 23.8 Å². The zero-order valence-corrected chi connectivity index (χ0v) is 11.6. The molecular weight excluding hydrogens is 254 g/mol. The topological polar surface area (TPSA) is 78.8 Å². The van der Waals surface area contributed by atoms with Crippen LogP contribution in [0.25, 0.3) is 11.4 Å². The van der Waals surface area contributed by atoms with E-state index >= 15 is 0 Å². The quantitative estimate of drug-likeness (QED) is 0.858. The van der Waals surface area contributed by atoms with Crippen LogP contribution < -0.4 is 5.73 Å². The Balaban J connectivity index is 1.86. The number of rotatable bonds is 4. The van der Waals surface area contributed by atoms with E-state index < -0.39 is 0 Å². The van der Waals surface area contributed by atoms with Crippen molar-refractivity contribution in [2.75, 3.05) is 12.3 Å². The third-order valence-electron chi connectivity index (χ3n) is 3.89. The molecule has 3 rings (SSSR count).